The highest BCUT2D eigenvalue weighted by atomic mass is 19.4. The molecule has 0 saturated heterocycles. The van der Waals surface area contributed by atoms with Crippen LogP contribution in [0, 0.1) is 0 Å². The monoisotopic (exact) mass is 297 g/mol. The third-order valence-electron chi connectivity index (χ3n) is 2.85. The van der Waals surface area contributed by atoms with Gasteiger partial charge in [0.1, 0.15) is 6.42 Å². The minimum absolute atomic E-state index is 0.313. The standard InChI is InChI=1S/C14H14F3N3O/c15-14(16,17)8-13(21)19-12(9-20-7-6-18-10-20)11-4-2-1-3-5-11/h1-7,10,12H,8-9H2,(H,19,21). The molecule has 1 atom stereocenters. The van der Waals surface area contributed by atoms with Crippen molar-refractivity contribution in [3.05, 3.63) is 54.6 Å². The molecule has 4 nitrogen and oxygen atoms in total. The maximum atomic E-state index is 12.3. The summed E-state index contributed by atoms with van der Waals surface area (Å²) in [6.45, 7) is 0.313. The summed E-state index contributed by atoms with van der Waals surface area (Å²) < 4.78 is 38.5. The maximum Gasteiger partial charge on any atom is 0.397 e. The predicted octanol–water partition coefficient (Wildman–Crippen LogP) is 2.69. The zero-order valence-electron chi connectivity index (χ0n) is 11.0. The van der Waals surface area contributed by atoms with Gasteiger partial charge in [0.25, 0.3) is 0 Å². The lowest BCUT2D eigenvalue weighted by molar-refractivity contribution is -0.154. The van der Waals surface area contributed by atoms with Gasteiger partial charge in [-0.1, -0.05) is 30.3 Å². The van der Waals surface area contributed by atoms with Crippen LogP contribution in [0.2, 0.25) is 0 Å². The summed E-state index contributed by atoms with van der Waals surface area (Å²) in [5.41, 5.74) is 0.738. The second-order valence-electron chi connectivity index (χ2n) is 4.58. The number of imidazole rings is 1. The van der Waals surface area contributed by atoms with Gasteiger partial charge in [-0.05, 0) is 5.56 Å². The molecule has 0 spiro atoms. The number of amides is 1. The largest absolute Gasteiger partial charge is 0.397 e. The van der Waals surface area contributed by atoms with Crippen molar-refractivity contribution in [3.8, 4) is 0 Å². The van der Waals surface area contributed by atoms with E-state index in [1.165, 1.54) is 0 Å². The van der Waals surface area contributed by atoms with Crippen LogP contribution in [-0.2, 0) is 11.3 Å². The van der Waals surface area contributed by atoms with Gasteiger partial charge in [-0.15, -0.1) is 0 Å². The van der Waals surface area contributed by atoms with Crippen molar-refractivity contribution < 1.29 is 18.0 Å². The van der Waals surface area contributed by atoms with E-state index < -0.39 is 24.5 Å². The highest BCUT2D eigenvalue weighted by Crippen LogP contribution is 2.21. The molecule has 1 aromatic carbocycles. The molecule has 2 aromatic rings. The molecule has 1 unspecified atom stereocenters. The van der Waals surface area contributed by atoms with Crippen LogP contribution in [-0.4, -0.2) is 21.6 Å². The molecule has 21 heavy (non-hydrogen) atoms. The van der Waals surface area contributed by atoms with E-state index in [-0.39, 0.29) is 0 Å². The SMILES string of the molecule is O=C(CC(F)(F)F)NC(Cn1ccnc1)c1ccccc1. The summed E-state index contributed by atoms with van der Waals surface area (Å²) in [5.74, 6) is -1.04. The molecule has 0 aliphatic rings. The first kappa shape index (κ1) is 15.1. The minimum Gasteiger partial charge on any atom is -0.347 e. The summed E-state index contributed by atoms with van der Waals surface area (Å²) in [5, 5.41) is 2.42. The van der Waals surface area contributed by atoms with E-state index in [2.05, 4.69) is 10.3 Å². The number of carbonyl (C=O) groups excluding carboxylic acids is 1. The summed E-state index contributed by atoms with van der Waals surface area (Å²) in [7, 11) is 0. The van der Waals surface area contributed by atoms with Crippen LogP contribution in [0.4, 0.5) is 13.2 Å². The van der Waals surface area contributed by atoms with Gasteiger partial charge in [0.15, 0.2) is 0 Å². The van der Waals surface area contributed by atoms with Gasteiger partial charge in [-0.3, -0.25) is 4.79 Å². The zero-order chi connectivity index (χ0) is 15.3. The van der Waals surface area contributed by atoms with E-state index in [0.717, 1.165) is 5.56 Å². The number of rotatable bonds is 5. The van der Waals surface area contributed by atoms with Gasteiger partial charge in [-0.2, -0.15) is 13.2 Å². The van der Waals surface area contributed by atoms with Gasteiger partial charge < -0.3 is 9.88 Å². The molecule has 1 aromatic heterocycles. The van der Waals surface area contributed by atoms with Crippen LogP contribution in [0.5, 0.6) is 0 Å². The van der Waals surface area contributed by atoms with Gasteiger partial charge in [-0.25, -0.2) is 4.98 Å². The van der Waals surface area contributed by atoms with Crippen molar-refractivity contribution in [2.24, 2.45) is 0 Å². The van der Waals surface area contributed by atoms with Gasteiger partial charge in [0.05, 0.1) is 12.4 Å². The zero-order valence-corrected chi connectivity index (χ0v) is 11.0. The summed E-state index contributed by atoms with van der Waals surface area (Å²) in [6, 6.07) is 8.31. The van der Waals surface area contributed by atoms with Crippen molar-refractivity contribution in [2.75, 3.05) is 0 Å². The second kappa shape index (κ2) is 6.43. The van der Waals surface area contributed by atoms with Crippen LogP contribution in [0.15, 0.2) is 49.1 Å². The lowest BCUT2D eigenvalue weighted by atomic mass is 10.1. The molecule has 112 valence electrons. The highest BCUT2D eigenvalue weighted by Gasteiger charge is 2.32. The smallest absolute Gasteiger partial charge is 0.347 e. The van der Waals surface area contributed by atoms with Crippen molar-refractivity contribution >= 4 is 5.91 Å². The Labute approximate surface area is 119 Å². The average molecular weight is 297 g/mol. The number of nitrogens with one attached hydrogen (secondary N) is 1. The molecule has 1 heterocycles. The van der Waals surface area contributed by atoms with Crippen molar-refractivity contribution in [1.82, 2.24) is 14.9 Å². The third kappa shape index (κ3) is 4.94. The molecule has 0 fully saturated rings. The van der Waals surface area contributed by atoms with Crippen molar-refractivity contribution in [1.29, 1.82) is 0 Å². The summed E-state index contributed by atoms with van der Waals surface area (Å²) in [6.07, 6.45) is -1.20. The number of hydrogen-bond donors (Lipinski definition) is 1. The number of nitrogens with zero attached hydrogens (tertiary/aromatic N) is 2. The number of carbonyl (C=O) groups is 1. The molecule has 0 bridgehead atoms. The fourth-order valence-electron chi connectivity index (χ4n) is 1.95. The summed E-state index contributed by atoms with van der Waals surface area (Å²) in [4.78, 5) is 15.4. The lowest BCUT2D eigenvalue weighted by Crippen LogP contribution is -2.34. The van der Waals surface area contributed by atoms with E-state index in [0.29, 0.717) is 6.54 Å². The quantitative estimate of drug-likeness (QED) is 0.922. The normalized spacial score (nSPS) is 12.9. The Kier molecular flexibility index (Phi) is 4.62. The van der Waals surface area contributed by atoms with E-state index in [4.69, 9.17) is 0 Å². The lowest BCUT2D eigenvalue weighted by Gasteiger charge is -2.20. The molecular weight excluding hydrogens is 283 g/mol. The predicted molar refractivity (Wildman–Crippen MR) is 70.2 cm³/mol. The van der Waals surface area contributed by atoms with Gasteiger partial charge in [0.2, 0.25) is 5.91 Å². The molecule has 1 N–H and O–H groups in total. The first-order valence-electron chi connectivity index (χ1n) is 6.31. The van der Waals surface area contributed by atoms with Crippen LogP contribution in [0.3, 0.4) is 0 Å². The third-order valence-corrected chi connectivity index (χ3v) is 2.85. The molecule has 0 aliphatic carbocycles. The van der Waals surface area contributed by atoms with Crippen LogP contribution < -0.4 is 5.32 Å². The minimum atomic E-state index is -4.51. The van der Waals surface area contributed by atoms with Crippen molar-refractivity contribution in [2.45, 2.75) is 25.2 Å². The Morgan fingerprint density at radius 1 is 1.29 bits per heavy atom. The Balaban J connectivity index is 2.11. The van der Waals surface area contributed by atoms with Crippen LogP contribution in [0.25, 0.3) is 0 Å². The van der Waals surface area contributed by atoms with Gasteiger partial charge in [0, 0.05) is 18.9 Å². The van der Waals surface area contributed by atoms with E-state index >= 15 is 0 Å². The van der Waals surface area contributed by atoms with Crippen LogP contribution >= 0.6 is 0 Å². The number of aromatic nitrogens is 2. The topological polar surface area (TPSA) is 46.9 Å². The van der Waals surface area contributed by atoms with Crippen molar-refractivity contribution in [3.63, 3.8) is 0 Å². The average Bonchev–Trinajstić information content (AvgIpc) is 2.90. The van der Waals surface area contributed by atoms with Crippen LogP contribution in [0.1, 0.15) is 18.0 Å². The first-order chi connectivity index (χ1) is 9.94. The van der Waals surface area contributed by atoms with E-state index in [1.807, 2.05) is 0 Å². The van der Waals surface area contributed by atoms with Gasteiger partial charge >= 0.3 is 6.18 Å². The molecular formula is C14H14F3N3O. The van der Waals surface area contributed by atoms with E-state index in [1.54, 1.807) is 53.6 Å². The molecule has 0 radical (unpaired) electrons. The number of benzene rings is 1. The summed E-state index contributed by atoms with van der Waals surface area (Å²) >= 11 is 0. The molecule has 2 rings (SSSR count). The maximum absolute atomic E-state index is 12.3. The highest BCUT2D eigenvalue weighted by molar-refractivity contribution is 5.77. The fourth-order valence-corrected chi connectivity index (χ4v) is 1.95. The second-order valence-corrected chi connectivity index (χ2v) is 4.58. The molecule has 0 aliphatic heterocycles. The fraction of sp³-hybridized carbons (Fsp3) is 0.286. The number of alkyl halides is 3. The molecule has 7 heteroatoms. The first-order valence-corrected chi connectivity index (χ1v) is 6.31. The number of halogens is 3. The Morgan fingerprint density at radius 2 is 2.00 bits per heavy atom. The Morgan fingerprint density at radius 3 is 2.57 bits per heavy atom. The Hall–Kier alpha value is -2.31. The Bertz CT molecular complexity index is 567. The molecule has 1 amide bonds. The van der Waals surface area contributed by atoms with E-state index in [9.17, 15) is 18.0 Å². The number of hydrogen-bond acceptors (Lipinski definition) is 2. The molecule has 0 saturated carbocycles.